The van der Waals surface area contributed by atoms with Crippen LogP contribution in [0.4, 0.5) is 5.69 Å². The largest absolute Gasteiger partial charge is 0.323 e. The molecule has 8 heteroatoms. The van der Waals surface area contributed by atoms with Crippen LogP contribution in [0, 0.1) is 0 Å². The highest BCUT2D eigenvalue weighted by molar-refractivity contribution is 6.36. The molecule has 1 atom stereocenters. The quantitative estimate of drug-likeness (QED) is 0.677. The van der Waals surface area contributed by atoms with E-state index in [4.69, 9.17) is 23.2 Å². The maximum Gasteiger partial charge on any atom is 0.258 e. The summed E-state index contributed by atoms with van der Waals surface area (Å²) in [6.45, 7) is 1.15. The lowest BCUT2D eigenvalue weighted by atomic mass is 10.2. The summed E-state index contributed by atoms with van der Waals surface area (Å²) in [6, 6.07) is 11.8. The van der Waals surface area contributed by atoms with Crippen LogP contribution in [0.3, 0.4) is 0 Å². The van der Waals surface area contributed by atoms with Gasteiger partial charge in [-0.25, -0.2) is 4.98 Å². The molecule has 6 nitrogen and oxygen atoms in total. The number of carbonyl (C=O) groups is 1. The van der Waals surface area contributed by atoms with Crippen LogP contribution < -0.4 is 10.9 Å². The average molecular weight is 417 g/mol. The van der Waals surface area contributed by atoms with Gasteiger partial charge in [0.2, 0.25) is 5.91 Å². The Morgan fingerprint density at radius 2 is 2.07 bits per heavy atom. The van der Waals surface area contributed by atoms with Crippen LogP contribution in [0.25, 0.3) is 10.9 Å². The number of nitrogens with one attached hydrogen (secondary N) is 2. The van der Waals surface area contributed by atoms with Gasteiger partial charge in [0.05, 0.1) is 34.2 Å². The van der Waals surface area contributed by atoms with E-state index in [0.717, 1.165) is 19.4 Å². The number of hydrogen-bond acceptors (Lipinski definition) is 4. The molecule has 28 heavy (non-hydrogen) atoms. The first-order valence-corrected chi connectivity index (χ1v) is 9.75. The summed E-state index contributed by atoms with van der Waals surface area (Å²) in [7, 11) is 0. The Hall–Kier alpha value is -2.41. The van der Waals surface area contributed by atoms with Crippen LogP contribution >= 0.6 is 23.2 Å². The van der Waals surface area contributed by atoms with E-state index in [1.165, 1.54) is 0 Å². The van der Waals surface area contributed by atoms with Crippen LogP contribution in [-0.4, -0.2) is 33.4 Å². The lowest BCUT2D eigenvalue weighted by Crippen LogP contribution is -2.39. The Labute approximate surface area is 171 Å². The monoisotopic (exact) mass is 416 g/mol. The van der Waals surface area contributed by atoms with Crippen molar-refractivity contribution in [3.8, 4) is 0 Å². The van der Waals surface area contributed by atoms with Crippen molar-refractivity contribution in [1.29, 1.82) is 0 Å². The van der Waals surface area contributed by atoms with E-state index in [-0.39, 0.29) is 17.5 Å². The summed E-state index contributed by atoms with van der Waals surface area (Å²) in [5.41, 5.74) is 1.00. The number of halogens is 2. The molecule has 0 saturated carbocycles. The highest BCUT2D eigenvalue weighted by Crippen LogP contribution is 2.27. The summed E-state index contributed by atoms with van der Waals surface area (Å²) in [4.78, 5) is 34.5. The third-order valence-electron chi connectivity index (χ3n) is 4.87. The number of para-hydroxylation sites is 1. The number of amides is 1. The average Bonchev–Trinajstić information content (AvgIpc) is 3.12. The molecule has 144 valence electrons. The van der Waals surface area contributed by atoms with Gasteiger partial charge in [0, 0.05) is 5.02 Å². The second kappa shape index (κ2) is 7.91. The molecule has 0 bridgehead atoms. The highest BCUT2D eigenvalue weighted by Gasteiger charge is 2.31. The second-order valence-corrected chi connectivity index (χ2v) is 7.62. The summed E-state index contributed by atoms with van der Waals surface area (Å²) >= 11 is 12.1. The van der Waals surface area contributed by atoms with Gasteiger partial charge in [-0.1, -0.05) is 35.3 Å². The maximum atomic E-state index is 12.8. The van der Waals surface area contributed by atoms with E-state index in [1.807, 2.05) is 23.1 Å². The van der Waals surface area contributed by atoms with Crippen LogP contribution in [0.2, 0.25) is 10.0 Å². The Balaban J connectivity index is 1.52. The topological polar surface area (TPSA) is 78.1 Å². The molecule has 1 aromatic heterocycles. The number of carbonyl (C=O) groups excluding carboxylic acids is 1. The third-order valence-corrected chi connectivity index (χ3v) is 5.42. The van der Waals surface area contributed by atoms with E-state index in [2.05, 4.69) is 15.3 Å². The molecule has 1 aliphatic rings. The molecular weight excluding hydrogens is 399 g/mol. The Kier molecular flexibility index (Phi) is 5.35. The fraction of sp³-hybridized carbons (Fsp3) is 0.250. The van der Waals surface area contributed by atoms with Gasteiger partial charge >= 0.3 is 0 Å². The van der Waals surface area contributed by atoms with Crippen molar-refractivity contribution in [3.05, 3.63) is 68.7 Å². The van der Waals surface area contributed by atoms with Gasteiger partial charge in [0.15, 0.2) is 0 Å². The van der Waals surface area contributed by atoms with Crippen molar-refractivity contribution in [2.24, 2.45) is 0 Å². The minimum absolute atomic E-state index is 0.134. The normalized spacial score (nSPS) is 17.1. The number of anilines is 1. The Bertz CT molecular complexity index is 1100. The van der Waals surface area contributed by atoms with E-state index in [1.54, 1.807) is 24.3 Å². The molecule has 0 spiro atoms. The Morgan fingerprint density at radius 1 is 1.25 bits per heavy atom. The minimum Gasteiger partial charge on any atom is -0.323 e. The lowest BCUT2D eigenvalue weighted by Gasteiger charge is -2.23. The smallest absolute Gasteiger partial charge is 0.258 e. The number of aromatic nitrogens is 2. The first kappa shape index (κ1) is 18.9. The van der Waals surface area contributed by atoms with E-state index in [9.17, 15) is 9.59 Å². The zero-order chi connectivity index (χ0) is 19.7. The maximum absolute atomic E-state index is 12.8. The van der Waals surface area contributed by atoms with Crippen LogP contribution in [0.5, 0.6) is 0 Å². The van der Waals surface area contributed by atoms with Crippen molar-refractivity contribution < 1.29 is 4.79 Å². The number of aromatic amines is 1. The number of likely N-dealkylation sites (tertiary alicyclic amines) is 1. The van der Waals surface area contributed by atoms with Gasteiger partial charge in [-0.3, -0.25) is 14.5 Å². The molecule has 1 saturated heterocycles. The number of rotatable bonds is 4. The molecular formula is C20H18Cl2N4O2. The van der Waals surface area contributed by atoms with Crippen molar-refractivity contribution in [1.82, 2.24) is 14.9 Å². The highest BCUT2D eigenvalue weighted by atomic mass is 35.5. The van der Waals surface area contributed by atoms with Gasteiger partial charge in [-0.15, -0.1) is 0 Å². The number of nitrogens with zero attached hydrogens (tertiary/aromatic N) is 2. The van der Waals surface area contributed by atoms with Gasteiger partial charge in [0.25, 0.3) is 5.56 Å². The molecule has 3 aromatic rings. The third kappa shape index (κ3) is 3.90. The van der Waals surface area contributed by atoms with Gasteiger partial charge < -0.3 is 10.3 Å². The molecule has 0 unspecified atom stereocenters. The van der Waals surface area contributed by atoms with E-state index < -0.39 is 0 Å². The van der Waals surface area contributed by atoms with Gasteiger partial charge in [0.1, 0.15) is 5.82 Å². The van der Waals surface area contributed by atoms with Crippen LogP contribution in [0.15, 0.2) is 47.3 Å². The zero-order valence-corrected chi connectivity index (χ0v) is 16.4. The molecule has 0 aliphatic carbocycles. The van der Waals surface area contributed by atoms with Crippen molar-refractivity contribution in [2.75, 3.05) is 11.9 Å². The standard InChI is InChI=1S/C20H18Cl2N4O2/c21-12-7-8-16(14(22)10-12)24-20(28)17-6-3-9-26(17)11-18-23-15-5-2-1-4-13(15)19(27)25-18/h1-2,4-5,7-8,10,17H,3,6,9,11H2,(H,24,28)(H,23,25,27)/t17-/m1/s1. The van der Waals surface area contributed by atoms with Crippen LogP contribution in [-0.2, 0) is 11.3 Å². The van der Waals surface area contributed by atoms with E-state index in [0.29, 0.717) is 39.0 Å². The SMILES string of the molecule is O=C(Nc1ccc(Cl)cc1Cl)[C@H]1CCCN1Cc1nc2ccccc2c(=O)[nH]1. The summed E-state index contributed by atoms with van der Waals surface area (Å²) in [5.74, 6) is 0.415. The predicted molar refractivity (Wildman–Crippen MR) is 111 cm³/mol. The molecule has 2 N–H and O–H groups in total. The summed E-state index contributed by atoms with van der Waals surface area (Å²) in [5, 5.41) is 4.33. The van der Waals surface area contributed by atoms with Gasteiger partial charge in [-0.05, 0) is 49.7 Å². The fourth-order valence-corrected chi connectivity index (χ4v) is 3.98. The second-order valence-electron chi connectivity index (χ2n) is 6.77. The van der Waals surface area contributed by atoms with Gasteiger partial charge in [-0.2, -0.15) is 0 Å². The van der Waals surface area contributed by atoms with Crippen molar-refractivity contribution in [3.63, 3.8) is 0 Å². The predicted octanol–water partition coefficient (Wildman–Crippen LogP) is 3.83. The molecule has 1 amide bonds. The van der Waals surface area contributed by atoms with Crippen molar-refractivity contribution in [2.45, 2.75) is 25.4 Å². The number of benzene rings is 2. The van der Waals surface area contributed by atoms with Crippen molar-refractivity contribution >= 4 is 45.7 Å². The van der Waals surface area contributed by atoms with Crippen LogP contribution in [0.1, 0.15) is 18.7 Å². The fourth-order valence-electron chi connectivity index (χ4n) is 3.52. The van der Waals surface area contributed by atoms with E-state index >= 15 is 0 Å². The molecule has 1 fully saturated rings. The molecule has 2 heterocycles. The number of hydrogen-bond donors (Lipinski definition) is 2. The minimum atomic E-state index is -0.316. The first-order chi connectivity index (χ1) is 13.5. The molecule has 4 rings (SSSR count). The summed E-state index contributed by atoms with van der Waals surface area (Å²) < 4.78 is 0. The first-order valence-electron chi connectivity index (χ1n) is 8.99. The zero-order valence-electron chi connectivity index (χ0n) is 14.9. The Morgan fingerprint density at radius 3 is 2.89 bits per heavy atom. The molecule has 1 aliphatic heterocycles. The molecule has 2 aromatic carbocycles. The number of fused-ring (bicyclic) bond motifs is 1. The molecule has 0 radical (unpaired) electrons. The lowest BCUT2D eigenvalue weighted by molar-refractivity contribution is -0.120. The number of H-pyrrole nitrogens is 1. The summed E-state index contributed by atoms with van der Waals surface area (Å²) in [6.07, 6.45) is 1.62.